The van der Waals surface area contributed by atoms with Crippen molar-refractivity contribution in [2.24, 2.45) is 7.05 Å². The minimum Gasteiger partial charge on any atom is -0.391 e. The molecule has 1 aliphatic rings. The van der Waals surface area contributed by atoms with Gasteiger partial charge in [0.05, 0.1) is 28.9 Å². The molecule has 0 saturated carbocycles. The lowest BCUT2D eigenvalue weighted by Crippen LogP contribution is -2.38. The summed E-state index contributed by atoms with van der Waals surface area (Å²) in [6.45, 7) is -0.327. The number of rotatable bonds is 4. The van der Waals surface area contributed by atoms with Crippen molar-refractivity contribution in [1.82, 2.24) is 34.7 Å². The highest BCUT2D eigenvalue weighted by Crippen LogP contribution is 2.37. The monoisotopic (exact) mass is 446 g/mol. The Morgan fingerprint density at radius 3 is 2.75 bits per heavy atom. The Kier molecular flexibility index (Phi) is 4.88. The SMILES string of the molecule is Cn1nccc1-c1cc(N2CCC[C@H](O)C2)c2c(n1)c(-c1ccn[nH]1)nn2CC(F)(F)F. The number of alkyl halides is 3. The molecule has 0 aliphatic carbocycles. The van der Waals surface area contributed by atoms with Crippen LogP contribution in [0, 0.1) is 0 Å². The van der Waals surface area contributed by atoms with Crippen LogP contribution in [0.1, 0.15) is 12.8 Å². The van der Waals surface area contributed by atoms with E-state index < -0.39 is 18.8 Å². The Morgan fingerprint density at radius 1 is 1.25 bits per heavy atom. The molecule has 4 aromatic rings. The van der Waals surface area contributed by atoms with Crippen LogP contribution in [-0.2, 0) is 13.6 Å². The van der Waals surface area contributed by atoms with Crippen molar-refractivity contribution in [1.29, 1.82) is 0 Å². The Bertz CT molecular complexity index is 1240. The van der Waals surface area contributed by atoms with E-state index in [1.807, 2.05) is 4.90 Å². The fraction of sp³-hybridized carbons (Fsp3) is 0.400. The van der Waals surface area contributed by atoms with Gasteiger partial charge in [-0.15, -0.1) is 0 Å². The van der Waals surface area contributed by atoms with E-state index in [1.54, 1.807) is 36.1 Å². The molecule has 12 heteroatoms. The fourth-order valence-corrected chi connectivity index (χ4v) is 4.19. The summed E-state index contributed by atoms with van der Waals surface area (Å²) in [6, 6.07) is 5.18. The predicted molar refractivity (Wildman–Crippen MR) is 111 cm³/mol. The standard InChI is InChI=1S/C20H21F3N8O/c1-29-15(5-7-25-29)14-9-16(30-8-2-3-12(32)10-30)19-18(26-14)17(13-4-6-24-27-13)28-31(19)11-20(21,22)23/h4-7,9,12,32H,2-3,8,10-11H2,1H3,(H,24,27)/t12-/m0/s1. The number of aryl methyl sites for hydroxylation is 1. The van der Waals surface area contributed by atoms with Crippen LogP contribution in [0.15, 0.2) is 30.6 Å². The maximum Gasteiger partial charge on any atom is 0.408 e. The van der Waals surface area contributed by atoms with Crippen molar-refractivity contribution < 1.29 is 18.3 Å². The number of hydrogen-bond acceptors (Lipinski definition) is 6. The number of aromatic amines is 1. The van der Waals surface area contributed by atoms with Gasteiger partial charge in [-0.05, 0) is 31.0 Å². The number of aliphatic hydroxyl groups is 1. The normalized spacial score (nSPS) is 17.4. The summed E-state index contributed by atoms with van der Waals surface area (Å²) in [5.41, 5.74) is 3.16. The molecule has 0 radical (unpaired) electrons. The molecule has 32 heavy (non-hydrogen) atoms. The number of nitrogens with one attached hydrogen (secondary N) is 1. The third-order valence-corrected chi connectivity index (χ3v) is 5.58. The third-order valence-electron chi connectivity index (χ3n) is 5.58. The number of anilines is 1. The highest BCUT2D eigenvalue weighted by molar-refractivity contribution is 5.98. The second-order valence-electron chi connectivity index (χ2n) is 7.90. The van der Waals surface area contributed by atoms with Gasteiger partial charge in [0.2, 0.25) is 0 Å². The smallest absolute Gasteiger partial charge is 0.391 e. The van der Waals surface area contributed by atoms with Gasteiger partial charge in [0, 0.05) is 32.5 Å². The van der Waals surface area contributed by atoms with E-state index >= 15 is 0 Å². The molecule has 5 heterocycles. The average Bonchev–Trinajstić information content (AvgIpc) is 3.47. The maximum absolute atomic E-state index is 13.4. The predicted octanol–water partition coefficient (Wildman–Crippen LogP) is 2.75. The highest BCUT2D eigenvalue weighted by Gasteiger charge is 2.33. The molecule has 0 aromatic carbocycles. The van der Waals surface area contributed by atoms with Crippen molar-refractivity contribution in [3.63, 3.8) is 0 Å². The molecule has 1 aliphatic heterocycles. The average molecular weight is 446 g/mol. The van der Waals surface area contributed by atoms with Crippen LogP contribution >= 0.6 is 0 Å². The lowest BCUT2D eigenvalue weighted by molar-refractivity contribution is -0.141. The van der Waals surface area contributed by atoms with Gasteiger partial charge in [-0.1, -0.05) is 0 Å². The van der Waals surface area contributed by atoms with Crippen molar-refractivity contribution in [2.45, 2.75) is 31.7 Å². The number of piperidine rings is 1. The number of aromatic nitrogens is 7. The molecule has 9 nitrogen and oxygen atoms in total. The number of hydrogen-bond donors (Lipinski definition) is 2. The van der Waals surface area contributed by atoms with Crippen LogP contribution in [0.5, 0.6) is 0 Å². The van der Waals surface area contributed by atoms with Crippen LogP contribution in [0.25, 0.3) is 33.8 Å². The van der Waals surface area contributed by atoms with E-state index in [0.29, 0.717) is 47.8 Å². The summed E-state index contributed by atoms with van der Waals surface area (Å²) in [7, 11) is 1.77. The molecule has 4 aromatic heterocycles. The Hall–Kier alpha value is -3.41. The zero-order chi connectivity index (χ0) is 22.5. The topological polar surface area (TPSA) is 101 Å². The first-order valence-corrected chi connectivity index (χ1v) is 10.2. The van der Waals surface area contributed by atoms with Crippen molar-refractivity contribution in [3.8, 4) is 22.8 Å². The van der Waals surface area contributed by atoms with Crippen LogP contribution in [0.2, 0.25) is 0 Å². The second kappa shape index (κ2) is 7.62. The molecule has 168 valence electrons. The molecule has 1 saturated heterocycles. The van der Waals surface area contributed by atoms with Gasteiger partial charge >= 0.3 is 6.18 Å². The Morgan fingerprint density at radius 2 is 2.09 bits per heavy atom. The Balaban J connectivity index is 1.80. The zero-order valence-electron chi connectivity index (χ0n) is 17.2. The largest absolute Gasteiger partial charge is 0.408 e. The van der Waals surface area contributed by atoms with Crippen LogP contribution in [0.4, 0.5) is 18.9 Å². The van der Waals surface area contributed by atoms with Gasteiger partial charge in [0.15, 0.2) is 0 Å². The number of fused-ring (bicyclic) bond motifs is 1. The van der Waals surface area contributed by atoms with Gasteiger partial charge in [0.25, 0.3) is 0 Å². The summed E-state index contributed by atoms with van der Waals surface area (Å²) >= 11 is 0. The van der Waals surface area contributed by atoms with Gasteiger partial charge in [-0.2, -0.15) is 28.5 Å². The summed E-state index contributed by atoms with van der Waals surface area (Å²) in [5.74, 6) is 0. The number of nitrogens with zero attached hydrogens (tertiary/aromatic N) is 7. The van der Waals surface area contributed by atoms with E-state index in [-0.39, 0.29) is 11.2 Å². The van der Waals surface area contributed by atoms with Crippen molar-refractivity contribution >= 4 is 16.7 Å². The van der Waals surface area contributed by atoms with Gasteiger partial charge in [-0.25, -0.2) is 4.98 Å². The molecule has 0 bridgehead atoms. The first kappa shape index (κ1) is 20.5. The van der Waals surface area contributed by atoms with E-state index in [9.17, 15) is 18.3 Å². The van der Waals surface area contributed by atoms with E-state index in [0.717, 1.165) is 11.1 Å². The van der Waals surface area contributed by atoms with Crippen LogP contribution < -0.4 is 4.90 Å². The zero-order valence-corrected chi connectivity index (χ0v) is 17.2. The molecule has 2 N–H and O–H groups in total. The lowest BCUT2D eigenvalue weighted by atomic mass is 10.1. The molecule has 0 amide bonds. The minimum absolute atomic E-state index is 0.270. The summed E-state index contributed by atoms with van der Waals surface area (Å²) in [5, 5.41) is 25.4. The minimum atomic E-state index is -4.47. The molecule has 5 rings (SSSR count). The van der Waals surface area contributed by atoms with Crippen molar-refractivity contribution in [2.75, 3.05) is 18.0 Å². The molecule has 1 atom stereocenters. The quantitative estimate of drug-likeness (QED) is 0.500. The van der Waals surface area contributed by atoms with E-state index in [2.05, 4.69) is 20.4 Å². The van der Waals surface area contributed by atoms with Crippen LogP contribution in [0.3, 0.4) is 0 Å². The highest BCUT2D eigenvalue weighted by atomic mass is 19.4. The van der Waals surface area contributed by atoms with Crippen molar-refractivity contribution in [3.05, 3.63) is 30.6 Å². The molecule has 1 fully saturated rings. The number of β-amino-alcohol motifs (C(OH)–C–C–N with tert-alkyl or cyclic N) is 1. The number of halogens is 3. The molecular weight excluding hydrogens is 425 g/mol. The number of aliphatic hydroxyl groups excluding tert-OH is 1. The molecule has 0 spiro atoms. The second-order valence-corrected chi connectivity index (χ2v) is 7.90. The van der Waals surface area contributed by atoms with Gasteiger partial charge in [0.1, 0.15) is 23.3 Å². The van der Waals surface area contributed by atoms with Crippen LogP contribution in [-0.4, -0.2) is 65.2 Å². The van der Waals surface area contributed by atoms with E-state index in [1.165, 1.54) is 6.20 Å². The van der Waals surface area contributed by atoms with E-state index in [4.69, 9.17) is 4.98 Å². The summed E-state index contributed by atoms with van der Waals surface area (Å²) in [6.07, 6.45) is -0.500. The maximum atomic E-state index is 13.4. The van der Waals surface area contributed by atoms with Gasteiger partial charge < -0.3 is 10.0 Å². The lowest BCUT2D eigenvalue weighted by Gasteiger charge is -2.32. The summed E-state index contributed by atoms with van der Waals surface area (Å²) in [4.78, 5) is 6.62. The first-order chi connectivity index (χ1) is 15.3. The van der Waals surface area contributed by atoms with Gasteiger partial charge in [-0.3, -0.25) is 14.5 Å². The number of pyridine rings is 1. The fourth-order valence-electron chi connectivity index (χ4n) is 4.19. The number of H-pyrrole nitrogens is 1. The molecule has 0 unspecified atom stereocenters. The first-order valence-electron chi connectivity index (χ1n) is 10.2. The Labute approximate surface area is 180 Å². The third kappa shape index (κ3) is 3.70. The summed E-state index contributed by atoms with van der Waals surface area (Å²) < 4.78 is 42.9. The molecular formula is C20H21F3N8O.